The molecule has 0 spiro atoms. The summed E-state index contributed by atoms with van der Waals surface area (Å²) in [6, 6.07) is 5.21. The van der Waals surface area contributed by atoms with Crippen molar-refractivity contribution in [1.82, 2.24) is 14.9 Å². The van der Waals surface area contributed by atoms with Gasteiger partial charge in [0.2, 0.25) is 5.91 Å². The SMILES string of the molecule is COC(=O)CCCNC(=O)Cn1cnc2ccc(Br)cc2c1=O. The number of hydrogen-bond acceptors (Lipinski definition) is 5. The summed E-state index contributed by atoms with van der Waals surface area (Å²) in [7, 11) is 1.32. The number of carbonyl (C=O) groups is 2. The first kappa shape index (κ1) is 17.1. The molecule has 1 heterocycles. The minimum atomic E-state index is -0.320. The van der Waals surface area contributed by atoms with E-state index in [9.17, 15) is 14.4 Å². The summed E-state index contributed by atoms with van der Waals surface area (Å²) in [6.07, 6.45) is 2.07. The molecule has 0 fully saturated rings. The predicted molar refractivity (Wildman–Crippen MR) is 88.0 cm³/mol. The molecular weight excluding hydrogens is 366 g/mol. The van der Waals surface area contributed by atoms with Gasteiger partial charge in [0, 0.05) is 17.4 Å². The summed E-state index contributed by atoms with van der Waals surface area (Å²) in [4.78, 5) is 39.3. The first-order valence-electron chi connectivity index (χ1n) is 6.99. The number of methoxy groups -OCH3 is 1. The Hall–Kier alpha value is -2.22. The Balaban J connectivity index is 1.98. The summed E-state index contributed by atoms with van der Waals surface area (Å²) < 4.78 is 6.54. The molecule has 8 heteroatoms. The Labute approximate surface area is 140 Å². The average molecular weight is 382 g/mol. The van der Waals surface area contributed by atoms with Crippen LogP contribution in [0, 0.1) is 0 Å². The van der Waals surface area contributed by atoms with E-state index in [1.165, 1.54) is 18.0 Å². The molecule has 0 unspecified atom stereocenters. The summed E-state index contributed by atoms with van der Waals surface area (Å²) in [5.74, 6) is -0.632. The first-order valence-corrected chi connectivity index (χ1v) is 7.79. The maximum absolute atomic E-state index is 12.3. The normalized spacial score (nSPS) is 10.5. The highest BCUT2D eigenvalue weighted by atomic mass is 79.9. The van der Waals surface area contributed by atoms with Crippen LogP contribution < -0.4 is 10.9 Å². The van der Waals surface area contributed by atoms with Gasteiger partial charge in [-0.05, 0) is 24.6 Å². The second-order valence-corrected chi connectivity index (χ2v) is 5.78. The van der Waals surface area contributed by atoms with Crippen LogP contribution in [0.5, 0.6) is 0 Å². The molecule has 0 saturated heterocycles. The van der Waals surface area contributed by atoms with Crippen LogP contribution in [0.15, 0.2) is 33.8 Å². The second-order valence-electron chi connectivity index (χ2n) is 4.87. The van der Waals surface area contributed by atoms with Crippen LogP contribution in [0.1, 0.15) is 12.8 Å². The van der Waals surface area contributed by atoms with Gasteiger partial charge in [-0.25, -0.2) is 4.98 Å². The molecule has 0 atom stereocenters. The van der Waals surface area contributed by atoms with Gasteiger partial charge in [-0.15, -0.1) is 0 Å². The Bertz CT molecular complexity index is 788. The van der Waals surface area contributed by atoms with Crippen molar-refractivity contribution in [2.75, 3.05) is 13.7 Å². The quantitative estimate of drug-likeness (QED) is 0.600. The number of amides is 1. The Kier molecular flexibility index (Phi) is 5.86. The molecule has 1 amide bonds. The molecular formula is C15H16BrN3O4. The van der Waals surface area contributed by atoms with Crippen molar-refractivity contribution < 1.29 is 14.3 Å². The fraction of sp³-hybridized carbons (Fsp3) is 0.333. The van der Waals surface area contributed by atoms with Gasteiger partial charge in [0.1, 0.15) is 6.54 Å². The standard InChI is InChI=1S/C15H16BrN3O4/c1-23-14(21)3-2-6-17-13(20)8-19-9-18-12-5-4-10(16)7-11(12)15(19)22/h4-5,7,9H,2-3,6,8H2,1H3,(H,17,20). The monoisotopic (exact) mass is 381 g/mol. The fourth-order valence-electron chi connectivity index (χ4n) is 2.02. The van der Waals surface area contributed by atoms with Crippen LogP contribution in [-0.2, 0) is 20.9 Å². The number of nitrogens with one attached hydrogen (secondary N) is 1. The lowest BCUT2D eigenvalue weighted by atomic mass is 10.2. The van der Waals surface area contributed by atoms with E-state index in [2.05, 4.69) is 31.0 Å². The zero-order chi connectivity index (χ0) is 16.8. The number of rotatable bonds is 6. The Morgan fingerprint density at radius 3 is 2.91 bits per heavy atom. The number of nitrogens with zero attached hydrogens (tertiary/aromatic N) is 2. The van der Waals surface area contributed by atoms with Crippen molar-refractivity contribution in [1.29, 1.82) is 0 Å². The molecule has 0 aliphatic rings. The number of carbonyl (C=O) groups excluding carboxylic acids is 2. The lowest BCUT2D eigenvalue weighted by Crippen LogP contribution is -2.33. The highest BCUT2D eigenvalue weighted by molar-refractivity contribution is 9.10. The van der Waals surface area contributed by atoms with Crippen LogP contribution in [-0.4, -0.2) is 35.1 Å². The van der Waals surface area contributed by atoms with Crippen LogP contribution in [0.2, 0.25) is 0 Å². The van der Waals surface area contributed by atoms with Gasteiger partial charge in [-0.2, -0.15) is 0 Å². The molecule has 0 aliphatic heterocycles. The Morgan fingerprint density at radius 2 is 2.17 bits per heavy atom. The fourth-order valence-corrected chi connectivity index (χ4v) is 2.38. The molecule has 0 bridgehead atoms. The predicted octanol–water partition coefficient (Wildman–Crippen LogP) is 1.23. The highest BCUT2D eigenvalue weighted by Crippen LogP contribution is 2.14. The minimum Gasteiger partial charge on any atom is -0.469 e. The highest BCUT2D eigenvalue weighted by Gasteiger charge is 2.08. The molecule has 0 aliphatic carbocycles. The number of ether oxygens (including phenoxy) is 1. The van der Waals surface area contributed by atoms with E-state index in [0.29, 0.717) is 23.9 Å². The van der Waals surface area contributed by atoms with Gasteiger partial charge in [-0.1, -0.05) is 15.9 Å². The van der Waals surface area contributed by atoms with Crippen molar-refractivity contribution in [3.05, 3.63) is 39.4 Å². The molecule has 1 aromatic heterocycles. The van der Waals surface area contributed by atoms with Crippen molar-refractivity contribution in [3.8, 4) is 0 Å². The number of benzene rings is 1. The number of esters is 1. The minimum absolute atomic E-state index is 0.119. The summed E-state index contributed by atoms with van der Waals surface area (Å²) in [6.45, 7) is 0.224. The second kappa shape index (κ2) is 7.87. The molecule has 0 radical (unpaired) electrons. The third-order valence-electron chi connectivity index (χ3n) is 3.21. The lowest BCUT2D eigenvalue weighted by Gasteiger charge is -2.08. The number of halogens is 1. The van der Waals surface area contributed by atoms with E-state index in [4.69, 9.17) is 0 Å². The number of aromatic nitrogens is 2. The van der Waals surface area contributed by atoms with E-state index >= 15 is 0 Å². The smallest absolute Gasteiger partial charge is 0.305 e. The summed E-state index contributed by atoms with van der Waals surface area (Å²) in [5.41, 5.74) is 0.300. The lowest BCUT2D eigenvalue weighted by molar-refractivity contribution is -0.140. The average Bonchev–Trinajstić information content (AvgIpc) is 2.54. The van der Waals surface area contributed by atoms with Crippen LogP contribution in [0.4, 0.5) is 0 Å². The molecule has 2 aromatic rings. The molecule has 1 aromatic carbocycles. The zero-order valence-electron chi connectivity index (χ0n) is 12.5. The van der Waals surface area contributed by atoms with E-state index in [0.717, 1.165) is 4.47 Å². The summed E-state index contributed by atoms with van der Waals surface area (Å²) >= 11 is 3.31. The molecule has 122 valence electrons. The van der Waals surface area contributed by atoms with Gasteiger partial charge in [0.05, 0.1) is 24.3 Å². The summed E-state index contributed by atoms with van der Waals surface area (Å²) in [5, 5.41) is 3.10. The van der Waals surface area contributed by atoms with Gasteiger partial charge in [-0.3, -0.25) is 19.0 Å². The van der Waals surface area contributed by atoms with Crippen molar-refractivity contribution in [2.24, 2.45) is 0 Å². The van der Waals surface area contributed by atoms with Crippen LogP contribution in [0.25, 0.3) is 10.9 Å². The molecule has 2 rings (SSSR count). The van der Waals surface area contributed by atoms with Gasteiger partial charge < -0.3 is 10.1 Å². The zero-order valence-corrected chi connectivity index (χ0v) is 14.1. The van der Waals surface area contributed by atoms with Gasteiger partial charge in [0.15, 0.2) is 0 Å². The van der Waals surface area contributed by atoms with Gasteiger partial charge in [0.25, 0.3) is 5.56 Å². The topological polar surface area (TPSA) is 90.3 Å². The molecule has 0 saturated carbocycles. The first-order chi connectivity index (χ1) is 11.0. The molecule has 1 N–H and O–H groups in total. The van der Waals surface area contributed by atoms with Gasteiger partial charge >= 0.3 is 5.97 Å². The van der Waals surface area contributed by atoms with Crippen molar-refractivity contribution in [3.63, 3.8) is 0 Å². The Morgan fingerprint density at radius 1 is 1.39 bits per heavy atom. The van der Waals surface area contributed by atoms with Crippen LogP contribution in [0.3, 0.4) is 0 Å². The van der Waals surface area contributed by atoms with E-state index in [-0.39, 0.29) is 30.4 Å². The van der Waals surface area contributed by atoms with E-state index in [1.807, 2.05) is 0 Å². The number of fused-ring (bicyclic) bond motifs is 1. The number of hydrogen-bond donors (Lipinski definition) is 1. The van der Waals surface area contributed by atoms with E-state index < -0.39 is 0 Å². The maximum Gasteiger partial charge on any atom is 0.305 e. The molecule has 7 nitrogen and oxygen atoms in total. The third-order valence-corrected chi connectivity index (χ3v) is 3.70. The van der Waals surface area contributed by atoms with Crippen LogP contribution >= 0.6 is 15.9 Å². The van der Waals surface area contributed by atoms with Crippen molar-refractivity contribution in [2.45, 2.75) is 19.4 Å². The molecule has 23 heavy (non-hydrogen) atoms. The maximum atomic E-state index is 12.3. The largest absolute Gasteiger partial charge is 0.469 e. The van der Waals surface area contributed by atoms with E-state index in [1.54, 1.807) is 18.2 Å². The van der Waals surface area contributed by atoms with Crippen molar-refractivity contribution >= 4 is 38.7 Å². The third kappa shape index (κ3) is 4.62.